The molecule has 4 nitrogen and oxygen atoms in total. The first-order valence-electron chi connectivity index (χ1n) is 6.52. The predicted molar refractivity (Wildman–Crippen MR) is 72.8 cm³/mol. The lowest BCUT2D eigenvalue weighted by Crippen LogP contribution is -2.35. The van der Waals surface area contributed by atoms with E-state index in [-0.39, 0.29) is 0 Å². The van der Waals surface area contributed by atoms with E-state index in [4.69, 9.17) is 10.9 Å². The highest BCUT2D eigenvalue weighted by molar-refractivity contribution is 5.80. The van der Waals surface area contributed by atoms with Gasteiger partial charge in [0.25, 0.3) is 0 Å². The highest BCUT2D eigenvalue weighted by atomic mass is 16.4. The molecular weight excluding hydrogens is 226 g/mol. The minimum atomic E-state index is 0.291. The van der Waals surface area contributed by atoms with Crippen molar-refractivity contribution in [2.75, 3.05) is 0 Å². The van der Waals surface area contributed by atoms with Crippen LogP contribution in [-0.2, 0) is 0 Å². The Balaban J connectivity index is 1.85. The van der Waals surface area contributed by atoms with Crippen molar-refractivity contribution in [1.82, 2.24) is 5.32 Å². The molecule has 0 radical (unpaired) electrons. The zero-order chi connectivity index (χ0) is 13.0. The molecule has 3 unspecified atom stereocenters. The number of hydrogen-bond donors (Lipinski definition) is 3. The average Bonchev–Trinajstić information content (AvgIpc) is 3.18. The predicted octanol–water partition coefficient (Wildman–Crippen LogP) is 2.05. The van der Waals surface area contributed by atoms with Gasteiger partial charge in [-0.05, 0) is 18.4 Å². The highest BCUT2D eigenvalue weighted by Crippen LogP contribution is 2.41. The van der Waals surface area contributed by atoms with Crippen LogP contribution in [0.4, 0.5) is 0 Å². The number of benzene rings is 1. The van der Waals surface area contributed by atoms with E-state index < -0.39 is 0 Å². The fourth-order valence-corrected chi connectivity index (χ4v) is 2.36. The molecule has 0 saturated heterocycles. The lowest BCUT2D eigenvalue weighted by Gasteiger charge is -2.16. The number of hydrogen-bond acceptors (Lipinski definition) is 3. The standard InChI is InChI=1S/C14H21N3O/c1-2-11(8-14(15)17-18)16-13-9-12(13)10-6-4-3-5-7-10/h3-7,11-13,16,18H,2,8-9H2,1H3,(H2,15,17). The van der Waals surface area contributed by atoms with Gasteiger partial charge in [-0.2, -0.15) is 0 Å². The molecule has 18 heavy (non-hydrogen) atoms. The molecule has 1 aliphatic rings. The van der Waals surface area contributed by atoms with Gasteiger partial charge in [0, 0.05) is 24.4 Å². The summed E-state index contributed by atoms with van der Waals surface area (Å²) in [5, 5.41) is 15.2. The lowest BCUT2D eigenvalue weighted by atomic mass is 10.1. The zero-order valence-electron chi connectivity index (χ0n) is 10.7. The molecule has 0 spiro atoms. The van der Waals surface area contributed by atoms with E-state index in [2.05, 4.69) is 41.7 Å². The minimum Gasteiger partial charge on any atom is -0.409 e. The average molecular weight is 247 g/mol. The van der Waals surface area contributed by atoms with Crippen molar-refractivity contribution in [3.63, 3.8) is 0 Å². The monoisotopic (exact) mass is 247 g/mol. The van der Waals surface area contributed by atoms with E-state index in [1.165, 1.54) is 12.0 Å². The van der Waals surface area contributed by atoms with Gasteiger partial charge in [-0.1, -0.05) is 42.4 Å². The Morgan fingerprint density at radius 3 is 2.83 bits per heavy atom. The van der Waals surface area contributed by atoms with Crippen molar-refractivity contribution in [2.24, 2.45) is 10.9 Å². The molecule has 1 aromatic rings. The van der Waals surface area contributed by atoms with Crippen molar-refractivity contribution in [1.29, 1.82) is 0 Å². The van der Waals surface area contributed by atoms with Gasteiger partial charge in [-0.25, -0.2) is 0 Å². The maximum absolute atomic E-state index is 8.59. The maximum atomic E-state index is 8.59. The van der Waals surface area contributed by atoms with Crippen molar-refractivity contribution in [2.45, 2.75) is 44.2 Å². The van der Waals surface area contributed by atoms with Crippen LogP contribution < -0.4 is 11.1 Å². The summed E-state index contributed by atoms with van der Waals surface area (Å²) in [6, 6.07) is 11.4. The van der Waals surface area contributed by atoms with Crippen LogP contribution >= 0.6 is 0 Å². The van der Waals surface area contributed by atoms with Crippen LogP contribution in [0.5, 0.6) is 0 Å². The number of nitrogens with zero attached hydrogens (tertiary/aromatic N) is 1. The number of oxime groups is 1. The van der Waals surface area contributed by atoms with E-state index in [1.807, 2.05) is 6.07 Å². The lowest BCUT2D eigenvalue weighted by molar-refractivity contribution is 0.315. The molecule has 0 aromatic heterocycles. The normalized spacial score (nSPS) is 24.8. The molecule has 0 amide bonds. The number of nitrogens with two attached hydrogens (primary N) is 1. The Labute approximate surface area is 108 Å². The first kappa shape index (κ1) is 12.9. The molecule has 0 bridgehead atoms. The van der Waals surface area contributed by atoms with Gasteiger partial charge in [0.2, 0.25) is 0 Å². The summed E-state index contributed by atoms with van der Waals surface area (Å²) in [5.74, 6) is 0.916. The van der Waals surface area contributed by atoms with Gasteiger partial charge < -0.3 is 16.3 Å². The summed E-state index contributed by atoms with van der Waals surface area (Å²) in [4.78, 5) is 0. The van der Waals surface area contributed by atoms with Crippen LogP contribution in [0.1, 0.15) is 37.7 Å². The Morgan fingerprint density at radius 1 is 1.50 bits per heavy atom. The third kappa shape index (κ3) is 3.23. The van der Waals surface area contributed by atoms with Gasteiger partial charge in [0.05, 0.1) is 0 Å². The van der Waals surface area contributed by atoms with E-state index in [0.717, 1.165) is 6.42 Å². The van der Waals surface area contributed by atoms with E-state index >= 15 is 0 Å². The van der Waals surface area contributed by atoms with E-state index in [0.29, 0.717) is 30.3 Å². The molecule has 1 aliphatic carbocycles. The Bertz CT molecular complexity index is 405. The molecule has 1 aromatic carbocycles. The molecule has 0 heterocycles. The SMILES string of the molecule is CCC(CC(N)=NO)NC1CC1c1ccccc1. The summed E-state index contributed by atoms with van der Waals surface area (Å²) >= 11 is 0. The number of rotatable bonds is 6. The number of amidine groups is 1. The quantitative estimate of drug-likeness (QED) is 0.312. The van der Waals surface area contributed by atoms with Crippen LogP contribution in [0, 0.1) is 0 Å². The molecule has 98 valence electrons. The summed E-state index contributed by atoms with van der Waals surface area (Å²) in [6.07, 6.45) is 2.76. The summed E-state index contributed by atoms with van der Waals surface area (Å²) < 4.78 is 0. The molecule has 1 saturated carbocycles. The molecule has 3 atom stereocenters. The Hall–Kier alpha value is -1.55. The zero-order valence-corrected chi connectivity index (χ0v) is 10.7. The van der Waals surface area contributed by atoms with Gasteiger partial charge >= 0.3 is 0 Å². The van der Waals surface area contributed by atoms with Crippen molar-refractivity contribution in [3.8, 4) is 0 Å². The molecule has 0 aliphatic heterocycles. The van der Waals surface area contributed by atoms with Crippen LogP contribution in [0.2, 0.25) is 0 Å². The van der Waals surface area contributed by atoms with Gasteiger partial charge in [-0.15, -0.1) is 0 Å². The summed E-state index contributed by atoms with van der Waals surface area (Å²) in [5.41, 5.74) is 6.95. The van der Waals surface area contributed by atoms with Crippen molar-refractivity contribution in [3.05, 3.63) is 35.9 Å². The third-order valence-electron chi connectivity index (χ3n) is 3.54. The van der Waals surface area contributed by atoms with Gasteiger partial charge in [0.1, 0.15) is 5.84 Å². The van der Waals surface area contributed by atoms with Gasteiger partial charge in [0.15, 0.2) is 0 Å². The van der Waals surface area contributed by atoms with Crippen molar-refractivity contribution >= 4 is 5.84 Å². The maximum Gasteiger partial charge on any atom is 0.140 e. The first-order chi connectivity index (χ1) is 8.74. The third-order valence-corrected chi connectivity index (χ3v) is 3.54. The fraction of sp³-hybridized carbons (Fsp3) is 0.500. The Kier molecular flexibility index (Phi) is 4.20. The van der Waals surface area contributed by atoms with Crippen LogP contribution in [0.3, 0.4) is 0 Å². The first-order valence-corrected chi connectivity index (χ1v) is 6.52. The summed E-state index contributed by atoms with van der Waals surface area (Å²) in [7, 11) is 0. The van der Waals surface area contributed by atoms with Crippen molar-refractivity contribution < 1.29 is 5.21 Å². The van der Waals surface area contributed by atoms with Crippen LogP contribution in [-0.4, -0.2) is 23.1 Å². The molecule has 4 N–H and O–H groups in total. The molecular formula is C14H21N3O. The topological polar surface area (TPSA) is 70.6 Å². The Morgan fingerprint density at radius 2 is 2.22 bits per heavy atom. The molecule has 2 rings (SSSR count). The molecule has 1 fully saturated rings. The second-order valence-corrected chi connectivity index (χ2v) is 4.93. The second-order valence-electron chi connectivity index (χ2n) is 4.93. The number of nitrogens with one attached hydrogen (secondary N) is 1. The van der Waals surface area contributed by atoms with Crippen LogP contribution in [0.15, 0.2) is 35.5 Å². The van der Waals surface area contributed by atoms with Crippen LogP contribution in [0.25, 0.3) is 0 Å². The second kappa shape index (κ2) is 5.87. The largest absolute Gasteiger partial charge is 0.409 e. The minimum absolute atomic E-state index is 0.291. The molecule has 4 heteroatoms. The fourth-order valence-electron chi connectivity index (χ4n) is 2.36. The van der Waals surface area contributed by atoms with Gasteiger partial charge in [-0.3, -0.25) is 0 Å². The van der Waals surface area contributed by atoms with E-state index in [9.17, 15) is 0 Å². The summed E-state index contributed by atoms with van der Waals surface area (Å²) in [6.45, 7) is 2.11. The smallest absolute Gasteiger partial charge is 0.140 e. The van der Waals surface area contributed by atoms with E-state index in [1.54, 1.807) is 0 Å². The highest BCUT2D eigenvalue weighted by Gasteiger charge is 2.39.